The molecular weight excluding hydrogens is 242 g/mol. The molecular formula is C14H23N3S. The van der Waals surface area contributed by atoms with Crippen molar-refractivity contribution in [1.82, 2.24) is 14.7 Å². The van der Waals surface area contributed by atoms with Gasteiger partial charge in [0.15, 0.2) is 4.96 Å². The van der Waals surface area contributed by atoms with E-state index in [4.69, 9.17) is 0 Å². The Morgan fingerprint density at radius 1 is 1.44 bits per heavy atom. The van der Waals surface area contributed by atoms with E-state index in [1.165, 1.54) is 25.7 Å². The molecule has 0 aliphatic heterocycles. The minimum atomic E-state index is 0.814. The summed E-state index contributed by atoms with van der Waals surface area (Å²) in [5, 5.41) is 5.61. The van der Waals surface area contributed by atoms with Gasteiger partial charge in [0.25, 0.3) is 0 Å². The summed E-state index contributed by atoms with van der Waals surface area (Å²) in [6, 6.07) is 0. The van der Waals surface area contributed by atoms with Crippen molar-refractivity contribution in [2.75, 3.05) is 6.54 Å². The first-order valence-corrected chi connectivity index (χ1v) is 7.83. The van der Waals surface area contributed by atoms with Crippen LogP contribution in [0.25, 0.3) is 4.96 Å². The number of aromatic nitrogens is 2. The number of nitrogens with zero attached hydrogens (tertiary/aromatic N) is 2. The molecule has 0 fully saturated rings. The summed E-state index contributed by atoms with van der Waals surface area (Å²) in [5.41, 5.74) is 1.15. The van der Waals surface area contributed by atoms with Crippen LogP contribution in [0.2, 0.25) is 0 Å². The van der Waals surface area contributed by atoms with Crippen LogP contribution < -0.4 is 5.32 Å². The quantitative estimate of drug-likeness (QED) is 0.788. The summed E-state index contributed by atoms with van der Waals surface area (Å²) in [6.45, 7) is 6.55. The van der Waals surface area contributed by atoms with Crippen LogP contribution in [0.4, 0.5) is 0 Å². The van der Waals surface area contributed by atoms with E-state index in [1.807, 2.05) is 0 Å². The fourth-order valence-corrected chi connectivity index (χ4v) is 2.93. The fraction of sp³-hybridized carbons (Fsp3) is 0.643. The number of imidazole rings is 1. The lowest BCUT2D eigenvalue weighted by atomic mass is 9.99. The molecule has 0 spiro atoms. The molecule has 1 N–H and O–H groups in total. The topological polar surface area (TPSA) is 29.3 Å². The zero-order chi connectivity index (χ0) is 12.8. The number of thiazole rings is 1. The molecule has 100 valence electrons. The van der Waals surface area contributed by atoms with E-state index in [1.54, 1.807) is 11.3 Å². The third-order valence-corrected chi connectivity index (χ3v) is 4.20. The second kappa shape index (κ2) is 6.90. The van der Waals surface area contributed by atoms with Crippen molar-refractivity contribution in [2.45, 2.75) is 46.1 Å². The van der Waals surface area contributed by atoms with Gasteiger partial charge in [0.2, 0.25) is 0 Å². The Morgan fingerprint density at radius 3 is 3.06 bits per heavy atom. The summed E-state index contributed by atoms with van der Waals surface area (Å²) in [5.74, 6) is 0.814. The van der Waals surface area contributed by atoms with E-state index >= 15 is 0 Å². The van der Waals surface area contributed by atoms with E-state index in [0.717, 1.165) is 29.7 Å². The van der Waals surface area contributed by atoms with Crippen molar-refractivity contribution in [3.8, 4) is 0 Å². The van der Waals surface area contributed by atoms with Gasteiger partial charge in [-0.15, -0.1) is 11.3 Å². The molecule has 4 heteroatoms. The van der Waals surface area contributed by atoms with Crippen LogP contribution in [0.1, 0.15) is 45.2 Å². The predicted octanol–water partition coefficient (Wildman–Crippen LogP) is 3.70. The Balaban J connectivity index is 1.75. The molecule has 0 bridgehead atoms. The lowest BCUT2D eigenvalue weighted by molar-refractivity contribution is 0.418. The number of unbranched alkanes of at least 4 members (excludes halogenated alkanes) is 1. The third kappa shape index (κ3) is 3.56. The maximum Gasteiger partial charge on any atom is 0.193 e. The normalized spacial score (nSPS) is 13.2. The van der Waals surface area contributed by atoms with E-state index in [0.29, 0.717) is 0 Å². The predicted molar refractivity (Wildman–Crippen MR) is 78.1 cm³/mol. The second-order valence-corrected chi connectivity index (χ2v) is 5.75. The summed E-state index contributed by atoms with van der Waals surface area (Å²) in [4.78, 5) is 5.66. The fourth-order valence-electron chi connectivity index (χ4n) is 2.21. The van der Waals surface area contributed by atoms with E-state index in [9.17, 15) is 0 Å². The number of fused-ring (bicyclic) bond motifs is 1. The number of nitrogens with one attached hydrogen (secondary N) is 1. The Labute approximate surface area is 113 Å². The molecule has 0 aliphatic carbocycles. The van der Waals surface area contributed by atoms with Crippen LogP contribution in [0, 0.1) is 5.92 Å². The van der Waals surface area contributed by atoms with Crippen molar-refractivity contribution < 1.29 is 0 Å². The van der Waals surface area contributed by atoms with Crippen LogP contribution >= 0.6 is 11.3 Å². The van der Waals surface area contributed by atoms with Crippen LogP contribution in [0.3, 0.4) is 0 Å². The zero-order valence-corrected chi connectivity index (χ0v) is 12.2. The molecule has 18 heavy (non-hydrogen) atoms. The van der Waals surface area contributed by atoms with Crippen molar-refractivity contribution >= 4 is 16.3 Å². The van der Waals surface area contributed by atoms with Crippen molar-refractivity contribution in [2.24, 2.45) is 5.92 Å². The molecule has 2 aromatic rings. The Morgan fingerprint density at radius 2 is 2.33 bits per heavy atom. The van der Waals surface area contributed by atoms with Gasteiger partial charge in [-0.1, -0.05) is 33.1 Å². The van der Waals surface area contributed by atoms with Crippen molar-refractivity contribution in [3.63, 3.8) is 0 Å². The molecule has 1 unspecified atom stereocenters. The molecule has 2 heterocycles. The summed E-state index contributed by atoms with van der Waals surface area (Å²) in [7, 11) is 0. The molecule has 0 radical (unpaired) electrons. The van der Waals surface area contributed by atoms with Gasteiger partial charge in [0.05, 0.1) is 5.69 Å². The van der Waals surface area contributed by atoms with Gasteiger partial charge in [-0.2, -0.15) is 0 Å². The van der Waals surface area contributed by atoms with E-state index < -0.39 is 0 Å². The summed E-state index contributed by atoms with van der Waals surface area (Å²) >= 11 is 1.69. The van der Waals surface area contributed by atoms with Crippen LogP contribution in [-0.4, -0.2) is 15.9 Å². The first kappa shape index (κ1) is 13.6. The van der Waals surface area contributed by atoms with Crippen LogP contribution in [-0.2, 0) is 6.54 Å². The first-order valence-electron chi connectivity index (χ1n) is 6.95. The SMILES string of the molecule is CCCCC(CC)CNCc1cn2ccsc2n1. The van der Waals surface area contributed by atoms with Crippen LogP contribution in [0.15, 0.2) is 17.8 Å². The molecule has 0 aliphatic rings. The zero-order valence-electron chi connectivity index (χ0n) is 11.4. The highest BCUT2D eigenvalue weighted by Crippen LogP contribution is 2.13. The lowest BCUT2D eigenvalue weighted by Gasteiger charge is -2.14. The molecule has 1 atom stereocenters. The van der Waals surface area contributed by atoms with Gasteiger partial charge < -0.3 is 5.32 Å². The summed E-state index contributed by atoms with van der Waals surface area (Å²) in [6.07, 6.45) is 9.44. The van der Waals surface area contributed by atoms with E-state index in [2.05, 4.69) is 46.3 Å². The molecule has 0 saturated heterocycles. The van der Waals surface area contributed by atoms with Gasteiger partial charge in [0, 0.05) is 24.3 Å². The average molecular weight is 265 g/mol. The lowest BCUT2D eigenvalue weighted by Crippen LogP contribution is -2.22. The molecule has 0 amide bonds. The van der Waals surface area contributed by atoms with Gasteiger partial charge in [-0.05, 0) is 18.9 Å². The monoisotopic (exact) mass is 265 g/mol. The highest BCUT2D eigenvalue weighted by atomic mass is 32.1. The average Bonchev–Trinajstić information content (AvgIpc) is 2.94. The minimum absolute atomic E-state index is 0.814. The molecule has 2 rings (SSSR count). The Hall–Kier alpha value is -0.870. The second-order valence-electron chi connectivity index (χ2n) is 4.87. The highest BCUT2D eigenvalue weighted by Gasteiger charge is 2.06. The molecule has 0 saturated carbocycles. The van der Waals surface area contributed by atoms with Crippen molar-refractivity contribution in [1.29, 1.82) is 0 Å². The molecule has 0 aromatic carbocycles. The van der Waals surface area contributed by atoms with Gasteiger partial charge >= 0.3 is 0 Å². The Kier molecular flexibility index (Phi) is 5.20. The first-order chi connectivity index (χ1) is 8.83. The van der Waals surface area contributed by atoms with Gasteiger partial charge in [-0.25, -0.2) is 4.98 Å². The number of rotatable bonds is 8. The maximum atomic E-state index is 4.58. The van der Waals surface area contributed by atoms with Crippen molar-refractivity contribution in [3.05, 3.63) is 23.5 Å². The standard InChI is InChI=1S/C14H23N3S/c1-3-5-6-12(4-2)9-15-10-13-11-17-7-8-18-14(17)16-13/h7-8,11-12,15H,3-6,9-10H2,1-2H3. The Bertz CT molecular complexity index is 432. The van der Waals surface area contributed by atoms with E-state index in [-0.39, 0.29) is 0 Å². The van der Waals surface area contributed by atoms with Gasteiger partial charge in [-0.3, -0.25) is 4.40 Å². The number of hydrogen-bond acceptors (Lipinski definition) is 3. The summed E-state index contributed by atoms with van der Waals surface area (Å²) < 4.78 is 2.09. The van der Waals surface area contributed by atoms with Crippen LogP contribution in [0.5, 0.6) is 0 Å². The number of hydrogen-bond donors (Lipinski definition) is 1. The largest absolute Gasteiger partial charge is 0.311 e. The maximum absolute atomic E-state index is 4.58. The minimum Gasteiger partial charge on any atom is -0.311 e. The molecule has 2 aromatic heterocycles. The van der Waals surface area contributed by atoms with Gasteiger partial charge in [0.1, 0.15) is 0 Å². The molecule has 3 nitrogen and oxygen atoms in total. The smallest absolute Gasteiger partial charge is 0.193 e. The third-order valence-electron chi connectivity index (χ3n) is 3.43. The highest BCUT2D eigenvalue weighted by molar-refractivity contribution is 7.15.